The average Bonchev–Trinajstić information content (AvgIpc) is 3.11. The van der Waals surface area contributed by atoms with Crippen LogP contribution in [0.1, 0.15) is 54.5 Å². The van der Waals surface area contributed by atoms with Crippen molar-refractivity contribution in [3.05, 3.63) is 59.6 Å². The van der Waals surface area contributed by atoms with E-state index in [1.54, 1.807) is 6.07 Å². The maximum absolute atomic E-state index is 12.8. The Hall–Kier alpha value is -2.73. The van der Waals surface area contributed by atoms with E-state index in [4.69, 9.17) is 4.52 Å². The number of carbonyl (C=O) groups excluding carboxylic acids is 1. The summed E-state index contributed by atoms with van der Waals surface area (Å²) in [6, 6.07) is 11.4. The van der Waals surface area contributed by atoms with E-state index in [9.17, 15) is 9.90 Å². The lowest BCUT2D eigenvalue weighted by molar-refractivity contribution is 0.0234. The van der Waals surface area contributed by atoms with Gasteiger partial charge in [0.25, 0.3) is 5.91 Å². The number of rotatable bonds is 6. The first-order chi connectivity index (χ1) is 13.5. The summed E-state index contributed by atoms with van der Waals surface area (Å²) in [7, 11) is 0. The number of amides is 1. The predicted octanol–water partition coefficient (Wildman–Crippen LogP) is 3.66. The quantitative estimate of drug-likeness (QED) is 0.682. The number of aromatic nitrogens is 2. The van der Waals surface area contributed by atoms with Crippen LogP contribution in [-0.2, 0) is 6.42 Å². The topological polar surface area (TPSA) is 88.2 Å². The number of para-hydroxylation sites is 1. The summed E-state index contributed by atoms with van der Waals surface area (Å²) in [6.07, 6.45) is 3.57. The normalized spacial score (nSPS) is 20.1. The Bertz CT molecular complexity index is 976. The lowest BCUT2D eigenvalue weighted by Gasteiger charge is -2.38. The Labute approximate surface area is 164 Å². The zero-order valence-corrected chi connectivity index (χ0v) is 16.1. The molecule has 2 N–H and O–H groups in total. The zero-order valence-electron chi connectivity index (χ0n) is 16.1. The van der Waals surface area contributed by atoms with Gasteiger partial charge in [0.05, 0.1) is 17.7 Å². The van der Waals surface area contributed by atoms with Crippen LogP contribution in [0.15, 0.2) is 47.1 Å². The Morgan fingerprint density at radius 1 is 1.29 bits per heavy atom. The third-order valence-corrected chi connectivity index (χ3v) is 5.28. The molecular weight excluding hydrogens is 354 g/mol. The fraction of sp³-hybridized carbons (Fsp3) is 0.409. The van der Waals surface area contributed by atoms with E-state index in [0.717, 1.165) is 22.9 Å². The fourth-order valence-electron chi connectivity index (χ4n) is 3.77. The molecule has 3 aromatic rings. The number of aliphatic hydroxyl groups is 1. The van der Waals surface area contributed by atoms with Gasteiger partial charge in [-0.1, -0.05) is 37.2 Å². The summed E-state index contributed by atoms with van der Waals surface area (Å²) in [4.78, 5) is 17.3. The van der Waals surface area contributed by atoms with Gasteiger partial charge in [-0.2, -0.15) is 0 Å². The standard InChI is InChI=1S/C22H25N3O3/c1-13(2)7-18-11-20(25-28-18)22(27)24-21(15-9-17(26)10-15)16-8-14-5-3-4-6-19(14)23-12-16/h3-6,8,11-13,15,17,21,26H,7,9-10H2,1-2H3,(H,24,27). The zero-order chi connectivity index (χ0) is 19.7. The van der Waals surface area contributed by atoms with Crippen LogP contribution in [0, 0.1) is 11.8 Å². The summed E-state index contributed by atoms with van der Waals surface area (Å²) in [5.41, 5.74) is 2.14. The molecule has 1 aromatic carbocycles. The van der Waals surface area contributed by atoms with Crippen molar-refractivity contribution in [1.82, 2.24) is 15.5 Å². The second-order valence-electron chi connectivity index (χ2n) is 8.07. The maximum Gasteiger partial charge on any atom is 0.273 e. The molecule has 6 heteroatoms. The second kappa shape index (κ2) is 7.72. The van der Waals surface area contributed by atoms with E-state index < -0.39 is 0 Å². The number of hydrogen-bond acceptors (Lipinski definition) is 5. The van der Waals surface area contributed by atoms with Gasteiger partial charge in [-0.3, -0.25) is 9.78 Å². The molecule has 1 saturated carbocycles. The SMILES string of the molecule is CC(C)Cc1cc(C(=O)NC(c2cnc3ccccc3c2)C2CC(O)C2)no1. The molecule has 28 heavy (non-hydrogen) atoms. The van der Waals surface area contributed by atoms with Crippen LogP contribution in [-0.4, -0.2) is 27.3 Å². The summed E-state index contributed by atoms with van der Waals surface area (Å²) in [5.74, 6) is 1.04. The summed E-state index contributed by atoms with van der Waals surface area (Å²) < 4.78 is 5.30. The number of nitrogens with zero attached hydrogens (tertiary/aromatic N) is 2. The highest BCUT2D eigenvalue weighted by Gasteiger charge is 2.36. The van der Waals surface area contributed by atoms with Gasteiger partial charge in [0, 0.05) is 24.1 Å². The van der Waals surface area contributed by atoms with Gasteiger partial charge in [0.1, 0.15) is 5.76 Å². The van der Waals surface area contributed by atoms with E-state index >= 15 is 0 Å². The van der Waals surface area contributed by atoms with Gasteiger partial charge in [-0.05, 0) is 42.4 Å². The Morgan fingerprint density at radius 2 is 2.07 bits per heavy atom. The lowest BCUT2D eigenvalue weighted by Crippen LogP contribution is -2.41. The van der Waals surface area contributed by atoms with Crippen molar-refractivity contribution in [2.24, 2.45) is 11.8 Å². The minimum atomic E-state index is -0.303. The minimum absolute atomic E-state index is 0.170. The van der Waals surface area contributed by atoms with E-state index in [1.165, 1.54) is 0 Å². The number of carbonyl (C=O) groups is 1. The molecule has 2 heterocycles. The first-order valence-electron chi connectivity index (χ1n) is 9.79. The second-order valence-corrected chi connectivity index (χ2v) is 8.07. The molecule has 1 unspecified atom stereocenters. The Morgan fingerprint density at radius 3 is 2.82 bits per heavy atom. The van der Waals surface area contributed by atoms with Crippen molar-refractivity contribution in [2.45, 2.75) is 45.3 Å². The smallest absolute Gasteiger partial charge is 0.273 e. The predicted molar refractivity (Wildman–Crippen MR) is 106 cm³/mol. The number of fused-ring (bicyclic) bond motifs is 1. The van der Waals surface area contributed by atoms with Crippen LogP contribution in [0.2, 0.25) is 0 Å². The molecule has 1 atom stereocenters. The van der Waals surface area contributed by atoms with E-state index in [-0.39, 0.29) is 29.7 Å². The highest BCUT2D eigenvalue weighted by molar-refractivity contribution is 5.92. The number of aliphatic hydroxyl groups excluding tert-OH is 1. The number of benzene rings is 1. The van der Waals surface area contributed by atoms with Gasteiger partial charge >= 0.3 is 0 Å². The largest absolute Gasteiger partial charge is 0.393 e. The highest BCUT2D eigenvalue weighted by atomic mass is 16.5. The van der Waals surface area contributed by atoms with Crippen LogP contribution >= 0.6 is 0 Å². The van der Waals surface area contributed by atoms with Gasteiger partial charge in [-0.15, -0.1) is 0 Å². The first-order valence-corrected chi connectivity index (χ1v) is 9.79. The van der Waals surface area contributed by atoms with Crippen LogP contribution < -0.4 is 5.32 Å². The highest BCUT2D eigenvalue weighted by Crippen LogP contribution is 2.38. The molecule has 146 valence electrons. The average molecular weight is 379 g/mol. The van der Waals surface area contributed by atoms with Gasteiger partial charge in [-0.25, -0.2) is 0 Å². The third kappa shape index (κ3) is 3.92. The van der Waals surface area contributed by atoms with Crippen LogP contribution in [0.25, 0.3) is 10.9 Å². The molecule has 0 radical (unpaired) electrons. The van der Waals surface area contributed by atoms with Gasteiger partial charge < -0.3 is 14.9 Å². The molecule has 0 bridgehead atoms. The number of nitrogens with one attached hydrogen (secondary N) is 1. The van der Waals surface area contributed by atoms with Gasteiger partial charge in [0.2, 0.25) is 0 Å². The molecule has 4 rings (SSSR count). The monoisotopic (exact) mass is 379 g/mol. The molecule has 1 aliphatic carbocycles. The molecule has 1 amide bonds. The lowest BCUT2D eigenvalue weighted by atomic mass is 9.75. The molecule has 1 fully saturated rings. The van der Waals surface area contributed by atoms with Crippen molar-refractivity contribution in [3.63, 3.8) is 0 Å². The van der Waals surface area contributed by atoms with E-state index in [2.05, 4.69) is 35.4 Å². The molecule has 0 aliphatic heterocycles. The molecule has 1 aliphatic rings. The fourth-order valence-corrected chi connectivity index (χ4v) is 3.77. The van der Waals surface area contributed by atoms with Crippen molar-refractivity contribution >= 4 is 16.8 Å². The molecule has 2 aromatic heterocycles. The van der Waals surface area contributed by atoms with Crippen LogP contribution in [0.5, 0.6) is 0 Å². The Kier molecular flexibility index (Phi) is 5.13. The van der Waals surface area contributed by atoms with Crippen molar-refractivity contribution < 1.29 is 14.4 Å². The van der Waals surface area contributed by atoms with E-state index in [0.29, 0.717) is 24.5 Å². The summed E-state index contributed by atoms with van der Waals surface area (Å²) in [6.45, 7) is 4.18. The number of hydrogen-bond donors (Lipinski definition) is 2. The molecule has 6 nitrogen and oxygen atoms in total. The third-order valence-electron chi connectivity index (χ3n) is 5.28. The van der Waals surface area contributed by atoms with Crippen molar-refractivity contribution in [1.29, 1.82) is 0 Å². The van der Waals surface area contributed by atoms with E-state index in [1.807, 2.05) is 30.5 Å². The maximum atomic E-state index is 12.8. The van der Waals surface area contributed by atoms with Crippen molar-refractivity contribution in [2.75, 3.05) is 0 Å². The summed E-state index contributed by atoms with van der Waals surface area (Å²) in [5, 5.41) is 17.8. The summed E-state index contributed by atoms with van der Waals surface area (Å²) >= 11 is 0. The van der Waals surface area contributed by atoms with Crippen LogP contribution in [0.3, 0.4) is 0 Å². The molecule has 0 saturated heterocycles. The molecule has 0 spiro atoms. The Balaban J connectivity index is 1.57. The number of pyridine rings is 1. The van der Waals surface area contributed by atoms with Crippen molar-refractivity contribution in [3.8, 4) is 0 Å². The van der Waals surface area contributed by atoms with Crippen LogP contribution in [0.4, 0.5) is 0 Å². The van der Waals surface area contributed by atoms with Gasteiger partial charge in [0.15, 0.2) is 5.69 Å². The minimum Gasteiger partial charge on any atom is -0.393 e. The molecular formula is C22H25N3O3. The first kappa shape index (κ1) is 18.6.